The van der Waals surface area contributed by atoms with E-state index in [0.29, 0.717) is 6.54 Å². The second-order valence-corrected chi connectivity index (χ2v) is 6.76. The van der Waals surface area contributed by atoms with E-state index in [2.05, 4.69) is 54.8 Å². The van der Waals surface area contributed by atoms with Gasteiger partial charge in [-0.05, 0) is 35.7 Å². The highest BCUT2D eigenvalue weighted by atomic mass is 16.2. The maximum absolute atomic E-state index is 12.4. The van der Waals surface area contributed by atoms with Crippen molar-refractivity contribution in [2.45, 2.75) is 20.4 Å². The number of rotatable bonds is 5. The van der Waals surface area contributed by atoms with Gasteiger partial charge in [-0.2, -0.15) is 0 Å². The molecule has 0 fully saturated rings. The molecule has 128 valence electrons. The molecule has 0 bridgehead atoms. The van der Waals surface area contributed by atoms with Crippen LogP contribution in [0.4, 0.5) is 5.69 Å². The van der Waals surface area contributed by atoms with Crippen LogP contribution in [0.3, 0.4) is 0 Å². The molecule has 25 heavy (non-hydrogen) atoms. The minimum absolute atomic E-state index is 0.0511. The fourth-order valence-corrected chi connectivity index (χ4v) is 3.30. The molecule has 0 heterocycles. The zero-order chi connectivity index (χ0) is 17.8. The lowest BCUT2D eigenvalue weighted by Gasteiger charge is -2.16. The molecule has 3 heteroatoms. The number of amides is 1. The Morgan fingerprint density at radius 3 is 2.32 bits per heavy atom. The van der Waals surface area contributed by atoms with Gasteiger partial charge in [0.15, 0.2) is 6.54 Å². The highest BCUT2D eigenvalue weighted by Gasteiger charge is 2.14. The van der Waals surface area contributed by atoms with Crippen molar-refractivity contribution in [3.05, 3.63) is 77.4 Å². The number of hydrogen-bond donors (Lipinski definition) is 2. The van der Waals surface area contributed by atoms with Crippen molar-refractivity contribution in [1.29, 1.82) is 0 Å². The summed E-state index contributed by atoms with van der Waals surface area (Å²) in [6, 6.07) is 20.8. The van der Waals surface area contributed by atoms with E-state index in [-0.39, 0.29) is 5.91 Å². The van der Waals surface area contributed by atoms with Crippen molar-refractivity contribution in [3.8, 4) is 0 Å². The maximum Gasteiger partial charge on any atom is 0.279 e. The summed E-state index contributed by atoms with van der Waals surface area (Å²) in [5.41, 5.74) is 4.40. The summed E-state index contributed by atoms with van der Waals surface area (Å²) in [4.78, 5) is 13.6. The minimum atomic E-state index is 0.0511. The van der Waals surface area contributed by atoms with Gasteiger partial charge in [0.05, 0.1) is 7.05 Å². The predicted molar refractivity (Wildman–Crippen MR) is 104 cm³/mol. The average Bonchev–Trinajstić information content (AvgIpc) is 2.58. The van der Waals surface area contributed by atoms with Crippen LogP contribution in [0, 0.1) is 13.8 Å². The van der Waals surface area contributed by atoms with Crippen molar-refractivity contribution in [1.82, 2.24) is 0 Å². The Kier molecular flexibility index (Phi) is 5.15. The number of carbonyl (C=O) groups excluding carboxylic acids is 1. The molecular formula is C22H25N2O+. The summed E-state index contributed by atoms with van der Waals surface area (Å²) in [5, 5.41) is 5.58. The average molecular weight is 333 g/mol. The van der Waals surface area contributed by atoms with Crippen LogP contribution in [0.5, 0.6) is 0 Å². The van der Waals surface area contributed by atoms with Gasteiger partial charge in [0, 0.05) is 11.3 Å². The zero-order valence-corrected chi connectivity index (χ0v) is 15.1. The molecule has 1 unspecified atom stereocenters. The van der Waals surface area contributed by atoms with Crippen LogP contribution in [0.15, 0.2) is 60.7 Å². The van der Waals surface area contributed by atoms with E-state index in [1.165, 1.54) is 21.2 Å². The first-order valence-electron chi connectivity index (χ1n) is 8.68. The second-order valence-electron chi connectivity index (χ2n) is 6.76. The van der Waals surface area contributed by atoms with Gasteiger partial charge in [0.1, 0.15) is 6.54 Å². The van der Waals surface area contributed by atoms with Gasteiger partial charge in [-0.15, -0.1) is 0 Å². The molecule has 0 saturated heterocycles. The van der Waals surface area contributed by atoms with Gasteiger partial charge < -0.3 is 10.2 Å². The van der Waals surface area contributed by atoms with E-state index in [4.69, 9.17) is 0 Å². The highest BCUT2D eigenvalue weighted by molar-refractivity contribution is 5.93. The monoisotopic (exact) mass is 333 g/mol. The fourth-order valence-electron chi connectivity index (χ4n) is 3.30. The summed E-state index contributed by atoms with van der Waals surface area (Å²) >= 11 is 0. The number of hydrogen-bond acceptors (Lipinski definition) is 1. The van der Waals surface area contributed by atoms with Crippen LogP contribution in [0.2, 0.25) is 0 Å². The molecule has 3 nitrogen and oxygen atoms in total. The number of benzene rings is 3. The Morgan fingerprint density at radius 1 is 0.920 bits per heavy atom. The molecule has 0 aliphatic rings. The van der Waals surface area contributed by atoms with Crippen LogP contribution in [0.25, 0.3) is 10.8 Å². The topological polar surface area (TPSA) is 33.5 Å². The molecule has 0 saturated carbocycles. The Labute approximate surface area is 149 Å². The normalized spacial score (nSPS) is 12.1. The molecule has 3 rings (SSSR count). The molecule has 3 aromatic rings. The molecule has 3 aromatic carbocycles. The van der Waals surface area contributed by atoms with Gasteiger partial charge in [-0.1, -0.05) is 60.7 Å². The standard InChI is InChI=1S/C22H24N2O/c1-16-8-6-9-17(2)22(16)23-21(25)15-24(3)14-19-12-7-11-18-10-4-5-13-20(18)19/h4-13H,14-15H2,1-3H3,(H,23,25)/p+1. The van der Waals surface area contributed by atoms with E-state index in [9.17, 15) is 4.79 Å². The first-order chi connectivity index (χ1) is 12.0. The van der Waals surface area contributed by atoms with Gasteiger partial charge in [0.25, 0.3) is 5.91 Å². The van der Waals surface area contributed by atoms with Crippen molar-refractivity contribution in [3.63, 3.8) is 0 Å². The van der Waals surface area contributed by atoms with Gasteiger partial charge in [-0.3, -0.25) is 4.79 Å². The summed E-state index contributed by atoms with van der Waals surface area (Å²) in [6.45, 7) is 5.31. The Morgan fingerprint density at radius 2 is 1.56 bits per heavy atom. The molecule has 0 aliphatic carbocycles. The van der Waals surface area contributed by atoms with Crippen LogP contribution in [-0.2, 0) is 11.3 Å². The highest BCUT2D eigenvalue weighted by Crippen LogP contribution is 2.19. The molecule has 0 aromatic heterocycles. The number of para-hydroxylation sites is 1. The third-order valence-corrected chi connectivity index (χ3v) is 4.58. The molecule has 0 radical (unpaired) electrons. The lowest BCUT2D eigenvalue weighted by Crippen LogP contribution is -3.08. The Hall–Kier alpha value is -2.65. The number of aryl methyl sites for hydroxylation is 2. The molecule has 1 atom stereocenters. The summed E-state index contributed by atoms with van der Waals surface area (Å²) in [6.07, 6.45) is 0. The summed E-state index contributed by atoms with van der Waals surface area (Å²) in [5.74, 6) is 0.0511. The number of quaternary nitrogens is 1. The number of nitrogens with one attached hydrogen (secondary N) is 2. The van der Waals surface area contributed by atoms with Crippen LogP contribution in [0.1, 0.15) is 16.7 Å². The Bertz CT molecular complexity index is 876. The number of likely N-dealkylation sites (N-methyl/N-ethyl adjacent to an activating group) is 1. The lowest BCUT2D eigenvalue weighted by atomic mass is 10.0. The zero-order valence-electron chi connectivity index (χ0n) is 15.1. The predicted octanol–water partition coefficient (Wildman–Crippen LogP) is 3.11. The van der Waals surface area contributed by atoms with Crippen LogP contribution in [-0.4, -0.2) is 19.5 Å². The largest absolute Gasteiger partial charge is 0.326 e. The Balaban J connectivity index is 1.68. The number of fused-ring (bicyclic) bond motifs is 1. The van der Waals surface area contributed by atoms with Crippen molar-refractivity contribution >= 4 is 22.4 Å². The van der Waals surface area contributed by atoms with Gasteiger partial charge in [-0.25, -0.2) is 0 Å². The summed E-state index contributed by atoms with van der Waals surface area (Å²) < 4.78 is 0. The van der Waals surface area contributed by atoms with Crippen LogP contribution >= 0.6 is 0 Å². The van der Waals surface area contributed by atoms with Crippen molar-refractivity contribution in [2.75, 3.05) is 18.9 Å². The molecule has 0 spiro atoms. The quantitative estimate of drug-likeness (QED) is 0.739. The number of anilines is 1. The van der Waals surface area contributed by atoms with Crippen molar-refractivity contribution < 1.29 is 9.69 Å². The smallest absolute Gasteiger partial charge is 0.279 e. The lowest BCUT2D eigenvalue weighted by molar-refractivity contribution is -0.885. The molecular weight excluding hydrogens is 308 g/mol. The van der Waals surface area contributed by atoms with Gasteiger partial charge in [0.2, 0.25) is 0 Å². The summed E-state index contributed by atoms with van der Waals surface area (Å²) in [7, 11) is 2.06. The van der Waals surface area contributed by atoms with E-state index in [0.717, 1.165) is 23.4 Å². The van der Waals surface area contributed by atoms with Crippen molar-refractivity contribution in [2.24, 2.45) is 0 Å². The third-order valence-electron chi connectivity index (χ3n) is 4.58. The SMILES string of the molecule is Cc1cccc(C)c1NC(=O)C[NH+](C)Cc1cccc2ccccc12. The van der Waals surface area contributed by atoms with E-state index in [1.807, 2.05) is 32.0 Å². The van der Waals surface area contributed by atoms with Gasteiger partial charge >= 0.3 is 0 Å². The maximum atomic E-state index is 12.4. The van der Waals surface area contributed by atoms with E-state index in [1.54, 1.807) is 0 Å². The fraction of sp³-hybridized carbons (Fsp3) is 0.227. The third kappa shape index (κ3) is 4.06. The minimum Gasteiger partial charge on any atom is -0.326 e. The first-order valence-corrected chi connectivity index (χ1v) is 8.68. The number of carbonyl (C=O) groups is 1. The second kappa shape index (κ2) is 7.49. The molecule has 2 N–H and O–H groups in total. The van der Waals surface area contributed by atoms with Crippen LogP contribution < -0.4 is 10.2 Å². The first kappa shape index (κ1) is 17.2. The molecule has 0 aliphatic heterocycles. The molecule has 1 amide bonds. The van der Waals surface area contributed by atoms with E-state index < -0.39 is 0 Å². The van der Waals surface area contributed by atoms with E-state index >= 15 is 0 Å².